The molecule has 0 aliphatic rings. The number of hydrogen-bond donors (Lipinski definition) is 1. The SMILES string of the molecule is C=Cc1ccccc1/C=C(\C)C(=O)OCCO. The Balaban J connectivity index is 2.86. The molecule has 3 heteroatoms. The average Bonchev–Trinajstić information content (AvgIpc) is 2.36. The zero-order chi connectivity index (χ0) is 12.7. The van der Waals surface area contributed by atoms with E-state index in [9.17, 15) is 4.79 Å². The van der Waals surface area contributed by atoms with Crippen molar-refractivity contribution < 1.29 is 14.6 Å². The molecule has 0 spiro atoms. The third kappa shape index (κ3) is 3.89. The van der Waals surface area contributed by atoms with Crippen LogP contribution in [0.1, 0.15) is 18.1 Å². The van der Waals surface area contributed by atoms with Crippen molar-refractivity contribution in [2.24, 2.45) is 0 Å². The van der Waals surface area contributed by atoms with Crippen LogP contribution >= 0.6 is 0 Å². The molecular formula is C14H16O3. The highest BCUT2D eigenvalue weighted by molar-refractivity contribution is 5.93. The highest BCUT2D eigenvalue weighted by Crippen LogP contribution is 2.14. The summed E-state index contributed by atoms with van der Waals surface area (Å²) in [5.41, 5.74) is 2.37. The number of ether oxygens (including phenoxy) is 1. The number of esters is 1. The first-order valence-electron chi connectivity index (χ1n) is 5.36. The summed E-state index contributed by atoms with van der Waals surface area (Å²) in [6, 6.07) is 7.63. The topological polar surface area (TPSA) is 46.5 Å². The lowest BCUT2D eigenvalue weighted by Gasteiger charge is -2.04. The van der Waals surface area contributed by atoms with Crippen LogP contribution in [0.5, 0.6) is 0 Å². The van der Waals surface area contributed by atoms with E-state index in [1.54, 1.807) is 19.1 Å². The molecule has 0 radical (unpaired) electrons. The van der Waals surface area contributed by atoms with Crippen molar-refractivity contribution in [1.29, 1.82) is 0 Å². The molecule has 0 atom stereocenters. The highest BCUT2D eigenvalue weighted by Gasteiger charge is 2.06. The van der Waals surface area contributed by atoms with Crippen molar-refractivity contribution in [2.75, 3.05) is 13.2 Å². The van der Waals surface area contributed by atoms with E-state index in [0.717, 1.165) is 11.1 Å². The Kier molecular flexibility index (Phi) is 5.17. The summed E-state index contributed by atoms with van der Waals surface area (Å²) >= 11 is 0. The van der Waals surface area contributed by atoms with Gasteiger partial charge in [0, 0.05) is 5.57 Å². The van der Waals surface area contributed by atoms with Crippen LogP contribution in [0.2, 0.25) is 0 Å². The first-order valence-corrected chi connectivity index (χ1v) is 5.36. The summed E-state index contributed by atoms with van der Waals surface area (Å²) in [4.78, 5) is 11.5. The van der Waals surface area contributed by atoms with Crippen LogP contribution in [0.4, 0.5) is 0 Å². The lowest BCUT2D eigenvalue weighted by molar-refractivity contribution is -0.139. The van der Waals surface area contributed by atoms with E-state index >= 15 is 0 Å². The van der Waals surface area contributed by atoms with Gasteiger partial charge in [0.1, 0.15) is 6.61 Å². The maximum atomic E-state index is 11.5. The number of hydrogen-bond acceptors (Lipinski definition) is 3. The number of carbonyl (C=O) groups is 1. The first kappa shape index (κ1) is 13.2. The Morgan fingerprint density at radius 3 is 2.65 bits per heavy atom. The largest absolute Gasteiger partial charge is 0.460 e. The van der Waals surface area contributed by atoms with Crippen LogP contribution in [0.3, 0.4) is 0 Å². The van der Waals surface area contributed by atoms with Gasteiger partial charge >= 0.3 is 5.97 Å². The van der Waals surface area contributed by atoms with Crippen molar-refractivity contribution >= 4 is 18.1 Å². The van der Waals surface area contributed by atoms with Gasteiger partial charge in [0.25, 0.3) is 0 Å². The summed E-state index contributed by atoms with van der Waals surface area (Å²) in [6.07, 6.45) is 3.48. The highest BCUT2D eigenvalue weighted by atomic mass is 16.5. The van der Waals surface area contributed by atoms with Gasteiger partial charge in [-0.2, -0.15) is 0 Å². The van der Waals surface area contributed by atoms with Crippen molar-refractivity contribution in [2.45, 2.75) is 6.92 Å². The van der Waals surface area contributed by atoms with E-state index < -0.39 is 5.97 Å². The van der Waals surface area contributed by atoms with Crippen molar-refractivity contribution in [3.05, 3.63) is 47.5 Å². The van der Waals surface area contributed by atoms with Crippen LogP contribution in [-0.2, 0) is 9.53 Å². The molecule has 0 bridgehead atoms. The van der Waals surface area contributed by atoms with Crippen molar-refractivity contribution in [1.82, 2.24) is 0 Å². The number of rotatable bonds is 5. The minimum absolute atomic E-state index is 0.0210. The predicted octanol–water partition coefficient (Wildman–Crippen LogP) is 2.27. The van der Waals surface area contributed by atoms with Crippen molar-refractivity contribution in [3.63, 3.8) is 0 Å². The second-order valence-corrected chi connectivity index (χ2v) is 3.52. The monoisotopic (exact) mass is 232 g/mol. The molecule has 0 amide bonds. The second kappa shape index (κ2) is 6.66. The van der Waals surface area contributed by atoms with E-state index in [4.69, 9.17) is 9.84 Å². The van der Waals surface area contributed by atoms with Crippen LogP contribution in [-0.4, -0.2) is 24.3 Å². The number of aliphatic hydroxyl groups is 1. The smallest absolute Gasteiger partial charge is 0.333 e. The van der Waals surface area contributed by atoms with Gasteiger partial charge < -0.3 is 9.84 Å². The molecule has 0 aliphatic carbocycles. The third-order valence-electron chi connectivity index (χ3n) is 2.23. The molecule has 0 saturated carbocycles. The third-order valence-corrected chi connectivity index (χ3v) is 2.23. The number of benzene rings is 1. The van der Waals surface area contributed by atoms with E-state index in [2.05, 4.69) is 6.58 Å². The minimum atomic E-state index is -0.419. The standard InChI is InChI=1S/C14H16O3/c1-3-12-6-4-5-7-13(12)10-11(2)14(16)17-9-8-15/h3-7,10,15H,1,8-9H2,2H3/b11-10+. The van der Waals surface area contributed by atoms with E-state index in [-0.39, 0.29) is 13.2 Å². The molecule has 17 heavy (non-hydrogen) atoms. The lowest BCUT2D eigenvalue weighted by atomic mass is 10.1. The molecule has 0 saturated heterocycles. The van der Waals surface area contributed by atoms with Crippen LogP contribution < -0.4 is 0 Å². The van der Waals surface area contributed by atoms with Gasteiger partial charge in [0.15, 0.2) is 0 Å². The number of aliphatic hydroxyl groups excluding tert-OH is 1. The summed E-state index contributed by atoms with van der Waals surface area (Å²) in [5.74, 6) is -0.419. The van der Waals surface area contributed by atoms with Crippen LogP contribution in [0, 0.1) is 0 Å². The quantitative estimate of drug-likeness (QED) is 0.625. The molecule has 0 heterocycles. The maximum absolute atomic E-state index is 11.5. The first-order chi connectivity index (χ1) is 8.19. The van der Waals surface area contributed by atoms with E-state index in [0.29, 0.717) is 5.57 Å². The zero-order valence-corrected chi connectivity index (χ0v) is 9.85. The summed E-state index contributed by atoms with van der Waals surface area (Å²) in [6.45, 7) is 5.25. The molecule has 3 nitrogen and oxygen atoms in total. The normalized spacial score (nSPS) is 11.1. The molecule has 0 fully saturated rings. The Labute approximate surface area is 101 Å². The second-order valence-electron chi connectivity index (χ2n) is 3.52. The molecule has 1 N–H and O–H groups in total. The van der Waals surface area contributed by atoms with Crippen molar-refractivity contribution in [3.8, 4) is 0 Å². The molecular weight excluding hydrogens is 216 g/mol. The van der Waals surface area contributed by atoms with Gasteiger partial charge in [-0.3, -0.25) is 0 Å². The summed E-state index contributed by atoms with van der Waals surface area (Å²) < 4.78 is 4.82. The van der Waals surface area contributed by atoms with Gasteiger partial charge in [-0.1, -0.05) is 36.9 Å². The molecule has 0 aromatic heterocycles. The van der Waals surface area contributed by atoms with Gasteiger partial charge in [0.2, 0.25) is 0 Å². The predicted molar refractivity (Wildman–Crippen MR) is 68.2 cm³/mol. The van der Waals surface area contributed by atoms with Gasteiger partial charge in [0.05, 0.1) is 6.61 Å². The van der Waals surface area contributed by atoms with Crippen LogP contribution in [0.25, 0.3) is 12.2 Å². The lowest BCUT2D eigenvalue weighted by Crippen LogP contribution is -2.09. The Bertz CT molecular complexity index is 433. The Morgan fingerprint density at radius 1 is 1.41 bits per heavy atom. The van der Waals surface area contributed by atoms with Gasteiger partial charge in [-0.25, -0.2) is 4.79 Å². The number of carbonyl (C=O) groups excluding carboxylic acids is 1. The molecule has 0 aliphatic heterocycles. The summed E-state index contributed by atoms with van der Waals surface area (Å²) in [7, 11) is 0. The molecule has 90 valence electrons. The summed E-state index contributed by atoms with van der Waals surface area (Å²) in [5, 5.41) is 8.56. The van der Waals surface area contributed by atoms with Crippen LogP contribution in [0.15, 0.2) is 36.4 Å². The van der Waals surface area contributed by atoms with Gasteiger partial charge in [-0.05, 0) is 24.1 Å². The molecule has 1 aromatic rings. The van der Waals surface area contributed by atoms with Gasteiger partial charge in [-0.15, -0.1) is 0 Å². The molecule has 1 rings (SSSR count). The maximum Gasteiger partial charge on any atom is 0.333 e. The van der Waals surface area contributed by atoms with E-state index in [1.807, 2.05) is 24.3 Å². The average molecular weight is 232 g/mol. The Morgan fingerprint density at radius 2 is 2.06 bits per heavy atom. The zero-order valence-electron chi connectivity index (χ0n) is 9.85. The fourth-order valence-corrected chi connectivity index (χ4v) is 1.37. The van der Waals surface area contributed by atoms with E-state index in [1.165, 1.54) is 0 Å². The molecule has 1 aromatic carbocycles. The fraction of sp³-hybridized carbons (Fsp3) is 0.214. The Hall–Kier alpha value is -1.87. The fourth-order valence-electron chi connectivity index (χ4n) is 1.37. The minimum Gasteiger partial charge on any atom is -0.460 e. The molecule has 0 unspecified atom stereocenters.